The quantitative estimate of drug-likeness (QED) is 0.787. The van der Waals surface area contributed by atoms with E-state index in [1.165, 1.54) is 4.31 Å². The van der Waals surface area contributed by atoms with E-state index in [9.17, 15) is 13.2 Å². The molecule has 1 aromatic carbocycles. The van der Waals surface area contributed by atoms with E-state index in [-0.39, 0.29) is 28.9 Å². The van der Waals surface area contributed by atoms with E-state index in [1.807, 2.05) is 27.7 Å². The highest BCUT2D eigenvalue weighted by Crippen LogP contribution is 2.25. The van der Waals surface area contributed by atoms with Crippen LogP contribution in [-0.2, 0) is 14.8 Å². The van der Waals surface area contributed by atoms with Gasteiger partial charge in [0, 0.05) is 25.0 Å². The second kappa shape index (κ2) is 8.86. The number of benzene rings is 1. The SMILES string of the molecule is CCC(C)NC(=O)C1CCN(S(=O)(=O)c2ccc(OC(C)C)cc2)CC1. The Morgan fingerprint density at radius 3 is 2.27 bits per heavy atom. The predicted octanol–water partition coefficient (Wildman–Crippen LogP) is 2.79. The summed E-state index contributed by atoms with van der Waals surface area (Å²) in [7, 11) is -3.54. The Bertz CT molecular complexity index is 693. The van der Waals surface area contributed by atoms with E-state index in [0.717, 1.165) is 6.42 Å². The van der Waals surface area contributed by atoms with Crippen molar-refractivity contribution >= 4 is 15.9 Å². The lowest BCUT2D eigenvalue weighted by Gasteiger charge is -2.31. The van der Waals surface area contributed by atoms with Crippen molar-refractivity contribution in [1.82, 2.24) is 9.62 Å². The van der Waals surface area contributed by atoms with Crippen LogP contribution in [-0.4, -0.2) is 43.9 Å². The minimum Gasteiger partial charge on any atom is -0.491 e. The van der Waals surface area contributed by atoms with E-state index in [4.69, 9.17) is 4.74 Å². The molecular weight excluding hydrogens is 352 g/mol. The normalized spacial score (nSPS) is 17.9. The van der Waals surface area contributed by atoms with Crippen molar-refractivity contribution in [3.63, 3.8) is 0 Å². The summed E-state index contributed by atoms with van der Waals surface area (Å²) in [5, 5.41) is 2.99. The number of nitrogens with zero attached hydrogens (tertiary/aromatic N) is 1. The lowest BCUT2D eigenvalue weighted by Crippen LogP contribution is -2.44. The molecule has 1 aliphatic rings. The molecule has 1 aliphatic heterocycles. The van der Waals surface area contributed by atoms with E-state index in [0.29, 0.717) is 31.7 Å². The van der Waals surface area contributed by atoms with Gasteiger partial charge < -0.3 is 10.1 Å². The smallest absolute Gasteiger partial charge is 0.243 e. The molecule has 146 valence electrons. The first kappa shape index (κ1) is 20.7. The maximum absolute atomic E-state index is 12.8. The molecule has 1 atom stereocenters. The topological polar surface area (TPSA) is 75.7 Å². The number of ether oxygens (including phenoxy) is 1. The Kier molecular flexibility index (Phi) is 7.06. The summed E-state index contributed by atoms with van der Waals surface area (Å²) < 4.78 is 32.6. The summed E-state index contributed by atoms with van der Waals surface area (Å²) in [5.74, 6) is 0.572. The summed E-state index contributed by atoms with van der Waals surface area (Å²) in [6.07, 6.45) is 2.03. The number of amides is 1. The highest BCUT2D eigenvalue weighted by molar-refractivity contribution is 7.89. The minimum atomic E-state index is -3.54. The fourth-order valence-electron chi connectivity index (χ4n) is 2.93. The molecule has 7 heteroatoms. The van der Waals surface area contributed by atoms with Crippen LogP contribution in [0.25, 0.3) is 0 Å². The molecule has 6 nitrogen and oxygen atoms in total. The number of hydrogen-bond acceptors (Lipinski definition) is 4. The van der Waals surface area contributed by atoms with Gasteiger partial charge in [-0.1, -0.05) is 6.92 Å². The van der Waals surface area contributed by atoms with Gasteiger partial charge in [-0.05, 0) is 64.3 Å². The Morgan fingerprint density at radius 1 is 1.19 bits per heavy atom. The van der Waals surface area contributed by atoms with Crippen LogP contribution in [0.5, 0.6) is 5.75 Å². The summed E-state index contributed by atoms with van der Waals surface area (Å²) >= 11 is 0. The van der Waals surface area contributed by atoms with Gasteiger partial charge in [-0.2, -0.15) is 4.31 Å². The zero-order valence-electron chi connectivity index (χ0n) is 16.1. The zero-order chi connectivity index (χ0) is 19.3. The van der Waals surface area contributed by atoms with Crippen molar-refractivity contribution in [3.8, 4) is 5.75 Å². The first-order valence-electron chi connectivity index (χ1n) is 9.31. The number of sulfonamides is 1. The van der Waals surface area contributed by atoms with Gasteiger partial charge in [-0.25, -0.2) is 8.42 Å². The van der Waals surface area contributed by atoms with Crippen molar-refractivity contribution in [2.24, 2.45) is 5.92 Å². The third kappa shape index (κ3) is 5.20. The Balaban J connectivity index is 1.98. The van der Waals surface area contributed by atoms with Gasteiger partial charge in [0.25, 0.3) is 0 Å². The highest BCUT2D eigenvalue weighted by Gasteiger charge is 2.32. The zero-order valence-corrected chi connectivity index (χ0v) is 16.9. The molecule has 1 aromatic rings. The van der Waals surface area contributed by atoms with Crippen LogP contribution in [0.1, 0.15) is 47.0 Å². The molecule has 26 heavy (non-hydrogen) atoms. The predicted molar refractivity (Wildman–Crippen MR) is 102 cm³/mol. The molecule has 0 aliphatic carbocycles. The Labute approximate surface area is 157 Å². The van der Waals surface area contributed by atoms with Crippen molar-refractivity contribution in [3.05, 3.63) is 24.3 Å². The Morgan fingerprint density at radius 2 is 1.77 bits per heavy atom. The molecule has 1 heterocycles. The summed E-state index contributed by atoms with van der Waals surface area (Å²) in [5.41, 5.74) is 0. The van der Waals surface area contributed by atoms with Crippen molar-refractivity contribution in [2.45, 2.75) is 64.0 Å². The van der Waals surface area contributed by atoms with Gasteiger partial charge in [0.05, 0.1) is 11.0 Å². The molecule has 1 amide bonds. The molecular formula is C19H30N2O4S. The van der Waals surface area contributed by atoms with Crippen LogP contribution in [0.3, 0.4) is 0 Å². The standard InChI is InChI=1S/C19H30N2O4S/c1-5-15(4)20-19(22)16-10-12-21(13-11-16)26(23,24)18-8-6-17(7-9-18)25-14(2)3/h6-9,14-16H,5,10-13H2,1-4H3,(H,20,22). The summed E-state index contributed by atoms with van der Waals surface area (Å²) in [6.45, 7) is 8.58. The fourth-order valence-corrected chi connectivity index (χ4v) is 4.40. The van der Waals surface area contributed by atoms with Gasteiger partial charge >= 0.3 is 0 Å². The molecule has 2 rings (SSSR count). The van der Waals surface area contributed by atoms with Gasteiger partial charge in [-0.3, -0.25) is 4.79 Å². The molecule has 0 radical (unpaired) electrons. The van der Waals surface area contributed by atoms with Crippen LogP contribution >= 0.6 is 0 Å². The molecule has 1 saturated heterocycles. The second-order valence-electron chi connectivity index (χ2n) is 7.13. The molecule has 0 aromatic heterocycles. The molecule has 1 fully saturated rings. The number of piperidine rings is 1. The summed E-state index contributed by atoms with van der Waals surface area (Å²) in [6, 6.07) is 6.66. The Hall–Kier alpha value is -1.60. The van der Waals surface area contributed by atoms with Crippen LogP contribution in [0.15, 0.2) is 29.2 Å². The van der Waals surface area contributed by atoms with E-state index in [2.05, 4.69) is 5.32 Å². The largest absolute Gasteiger partial charge is 0.491 e. The van der Waals surface area contributed by atoms with Crippen molar-refractivity contribution in [1.29, 1.82) is 0 Å². The number of carbonyl (C=O) groups excluding carboxylic acids is 1. The highest BCUT2D eigenvalue weighted by atomic mass is 32.2. The van der Waals surface area contributed by atoms with E-state index >= 15 is 0 Å². The van der Waals surface area contributed by atoms with Gasteiger partial charge in [0.2, 0.25) is 15.9 Å². The average Bonchev–Trinajstić information content (AvgIpc) is 2.61. The third-order valence-corrected chi connectivity index (χ3v) is 6.57. The maximum atomic E-state index is 12.8. The summed E-state index contributed by atoms with van der Waals surface area (Å²) in [4.78, 5) is 12.5. The molecule has 1 unspecified atom stereocenters. The van der Waals surface area contributed by atoms with Gasteiger partial charge in [-0.15, -0.1) is 0 Å². The molecule has 1 N–H and O–H groups in total. The maximum Gasteiger partial charge on any atom is 0.243 e. The molecule has 0 bridgehead atoms. The van der Waals surface area contributed by atoms with Crippen molar-refractivity contribution in [2.75, 3.05) is 13.1 Å². The lowest BCUT2D eigenvalue weighted by molar-refractivity contribution is -0.126. The van der Waals surface area contributed by atoms with Gasteiger partial charge in [0.15, 0.2) is 0 Å². The van der Waals surface area contributed by atoms with Crippen LogP contribution in [0, 0.1) is 5.92 Å². The van der Waals surface area contributed by atoms with E-state index < -0.39 is 10.0 Å². The monoisotopic (exact) mass is 382 g/mol. The fraction of sp³-hybridized carbons (Fsp3) is 0.632. The first-order valence-corrected chi connectivity index (χ1v) is 10.7. The minimum absolute atomic E-state index is 0.0339. The average molecular weight is 383 g/mol. The second-order valence-corrected chi connectivity index (χ2v) is 9.07. The number of rotatable bonds is 7. The number of carbonyl (C=O) groups is 1. The third-order valence-electron chi connectivity index (χ3n) is 4.66. The molecule has 0 saturated carbocycles. The van der Waals surface area contributed by atoms with Crippen molar-refractivity contribution < 1.29 is 17.9 Å². The van der Waals surface area contributed by atoms with Crippen LogP contribution in [0.4, 0.5) is 0 Å². The number of hydrogen-bond donors (Lipinski definition) is 1. The van der Waals surface area contributed by atoms with Crippen LogP contribution in [0.2, 0.25) is 0 Å². The first-order chi connectivity index (χ1) is 12.2. The van der Waals surface area contributed by atoms with Crippen LogP contribution < -0.4 is 10.1 Å². The number of nitrogens with one attached hydrogen (secondary N) is 1. The molecule has 0 spiro atoms. The van der Waals surface area contributed by atoms with Gasteiger partial charge in [0.1, 0.15) is 5.75 Å². The lowest BCUT2D eigenvalue weighted by atomic mass is 9.97. The van der Waals surface area contributed by atoms with E-state index in [1.54, 1.807) is 24.3 Å².